The van der Waals surface area contributed by atoms with Crippen LogP contribution in [0.1, 0.15) is 19.3 Å². The van der Waals surface area contributed by atoms with Crippen LogP contribution in [0.4, 0.5) is 14.5 Å². The molecule has 1 aromatic carbocycles. The molecule has 0 spiro atoms. The van der Waals surface area contributed by atoms with Crippen molar-refractivity contribution in [1.82, 2.24) is 4.90 Å². The lowest BCUT2D eigenvalue weighted by Crippen LogP contribution is -2.42. The molecule has 0 radical (unpaired) electrons. The molecule has 2 heterocycles. The van der Waals surface area contributed by atoms with E-state index in [1.54, 1.807) is 4.90 Å². The van der Waals surface area contributed by atoms with Crippen molar-refractivity contribution in [3.63, 3.8) is 0 Å². The van der Waals surface area contributed by atoms with Crippen molar-refractivity contribution >= 4 is 17.5 Å². The Morgan fingerprint density at radius 1 is 1.21 bits per heavy atom. The van der Waals surface area contributed by atoms with Crippen molar-refractivity contribution in [3.8, 4) is 12.3 Å². The first-order valence-electron chi connectivity index (χ1n) is 8.00. The van der Waals surface area contributed by atoms with Crippen molar-refractivity contribution in [2.75, 3.05) is 24.5 Å². The van der Waals surface area contributed by atoms with E-state index in [9.17, 15) is 18.4 Å². The van der Waals surface area contributed by atoms with Gasteiger partial charge in [-0.1, -0.05) is 0 Å². The second-order valence-corrected chi connectivity index (χ2v) is 6.27. The van der Waals surface area contributed by atoms with Gasteiger partial charge >= 0.3 is 0 Å². The van der Waals surface area contributed by atoms with Crippen LogP contribution in [-0.2, 0) is 9.59 Å². The van der Waals surface area contributed by atoms with Crippen LogP contribution < -0.4 is 4.90 Å². The minimum Gasteiger partial charge on any atom is -0.342 e. The molecule has 0 N–H and O–H groups in total. The zero-order valence-electron chi connectivity index (χ0n) is 13.2. The Labute approximate surface area is 139 Å². The lowest BCUT2D eigenvalue weighted by molar-refractivity contribution is -0.136. The normalized spacial score (nSPS) is 21.9. The number of carbonyl (C=O) groups is 2. The molecule has 0 aliphatic carbocycles. The van der Waals surface area contributed by atoms with Gasteiger partial charge in [-0.3, -0.25) is 9.59 Å². The van der Waals surface area contributed by atoms with Gasteiger partial charge in [-0.25, -0.2) is 8.78 Å². The highest BCUT2D eigenvalue weighted by Crippen LogP contribution is 2.28. The smallest absolute Gasteiger partial charge is 0.228 e. The number of likely N-dealkylation sites (tertiary alicyclic amines) is 1. The van der Waals surface area contributed by atoms with Crippen LogP contribution in [0.5, 0.6) is 0 Å². The Morgan fingerprint density at radius 3 is 2.54 bits per heavy atom. The van der Waals surface area contributed by atoms with Crippen molar-refractivity contribution in [1.29, 1.82) is 0 Å². The van der Waals surface area contributed by atoms with E-state index in [4.69, 9.17) is 6.42 Å². The molecule has 2 fully saturated rings. The highest BCUT2D eigenvalue weighted by atomic mass is 19.2. The van der Waals surface area contributed by atoms with Crippen molar-refractivity contribution in [2.24, 2.45) is 11.8 Å². The first kappa shape index (κ1) is 16.4. The zero-order valence-corrected chi connectivity index (χ0v) is 13.2. The van der Waals surface area contributed by atoms with Gasteiger partial charge in [-0.2, -0.15) is 0 Å². The second-order valence-electron chi connectivity index (χ2n) is 6.27. The molecule has 3 rings (SSSR count). The maximum atomic E-state index is 13.4. The SMILES string of the molecule is C#CC1CCN(C(=O)[C@H]2CC(=O)N(c3ccc(F)c(F)c3)C2)CC1. The highest BCUT2D eigenvalue weighted by Gasteiger charge is 2.38. The van der Waals surface area contributed by atoms with Crippen LogP contribution >= 0.6 is 0 Å². The molecule has 0 saturated carbocycles. The Kier molecular flexibility index (Phi) is 4.52. The molecule has 0 aromatic heterocycles. The number of anilines is 1. The number of hydrogen-bond donors (Lipinski definition) is 0. The monoisotopic (exact) mass is 332 g/mol. The van der Waals surface area contributed by atoms with Crippen LogP contribution in [-0.4, -0.2) is 36.3 Å². The van der Waals surface area contributed by atoms with E-state index < -0.39 is 17.6 Å². The van der Waals surface area contributed by atoms with Crippen LogP contribution in [0, 0.1) is 35.8 Å². The number of hydrogen-bond acceptors (Lipinski definition) is 2. The predicted octanol–water partition coefficient (Wildman–Crippen LogP) is 2.19. The third-order valence-corrected chi connectivity index (χ3v) is 4.73. The maximum absolute atomic E-state index is 13.4. The van der Waals surface area contributed by atoms with E-state index in [0.717, 1.165) is 25.0 Å². The average molecular weight is 332 g/mol. The third-order valence-electron chi connectivity index (χ3n) is 4.73. The van der Waals surface area contributed by atoms with E-state index in [2.05, 4.69) is 5.92 Å². The average Bonchev–Trinajstić information content (AvgIpc) is 2.98. The molecule has 126 valence electrons. The standard InChI is InChI=1S/C18H18F2N2O2/c1-2-12-5-7-21(8-6-12)18(24)13-9-17(23)22(11-13)14-3-4-15(19)16(20)10-14/h1,3-4,10,12-13H,5-9,11H2/t13-/m0/s1. The van der Waals surface area contributed by atoms with Gasteiger partial charge in [0.1, 0.15) is 0 Å². The molecular formula is C18H18F2N2O2. The summed E-state index contributed by atoms with van der Waals surface area (Å²) in [4.78, 5) is 27.9. The molecule has 6 heteroatoms. The molecule has 2 amide bonds. The fourth-order valence-corrected chi connectivity index (χ4v) is 3.30. The van der Waals surface area contributed by atoms with Gasteiger partial charge in [0.05, 0.1) is 5.92 Å². The van der Waals surface area contributed by atoms with Gasteiger partial charge in [-0.05, 0) is 25.0 Å². The van der Waals surface area contributed by atoms with E-state index >= 15 is 0 Å². The Bertz CT molecular complexity index is 705. The summed E-state index contributed by atoms with van der Waals surface area (Å²) >= 11 is 0. The van der Waals surface area contributed by atoms with Gasteiger partial charge in [0.2, 0.25) is 11.8 Å². The molecule has 1 atom stereocenters. The summed E-state index contributed by atoms with van der Waals surface area (Å²) in [5, 5.41) is 0. The largest absolute Gasteiger partial charge is 0.342 e. The number of halogens is 2. The number of rotatable bonds is 2. The molecule has 4 nitrogen and oxygen atoms in total. The highest BCUT2D eigenvalue weighted by molar-refractivity contribution is 6.00. The van der Waals surface area contributed by atoms with Crippen LogP contribution in [0.3, 0.4) is 0 Å². The number of amides is 2. The fourth-order valence-electron chi connectivity index (χ4n) is 3.30. The second kappa shape index (κ2) is 6.60. The predicted molar refractivity (Wildman–Crippen MR) is 85.0 cm³/mol. The summed E-state index contributed by atoms with van der Waals surface area (Å²) in [5.41, 5.74) is 0.278. The van der Waals surface area contributed by atoms with Gasteiger partial charge in [0.15, 0.2) is 11.6 Å². The Balaban J connectivity index is 1.67. The fraction of sp³-hybridized carbons (Fsp3) is 0.444. The Morgan fingerprint density at radius 2 is 1.92 bits per heavy atom. The molecule has 2 aliphatic rings. The van der Waals surface area contributed by atoms with Crippen LogP contribution in [0.15, 0.2) is 18.2 Å². The Hall–Kier alpha value is -2.42. The molecular weight excluding hydrogens is 314 g/mol. The third kappa shape index (κ3) is 3.12. The maximum Gasteiger partial charge on any atom is 0.228 e. The lowest BCUT2D eigenvalue weighted by atomic mass is 9.96. The van der Waals surface area contributed by atoms with Crippen molar-refractivity contribution in [2.45, 2.75) is 19.3 Å². The number of benzene rings is 1. The van der Waals surface area contributed by atoms with Crippen molar-refractivity contribution < 1.29 is 18.4 Å². The quantitative estimate of drug-likeness (QED) is 0.779. The van der Waals surface area contributed by atoms with Crippen LogP contribution in [0.25, 0.3) is 0 Å². The molecule has 0 unspecified atom stereocenters. The minimum atomic E-state index is -1.01. The lowest BCUT2D eigenvalue weighted by Gasteiger charge is -2.31. The number of terminal acetylenes is 1. The van der Waals surface area contributed by atoms with E-state index in [0.29, 0.717) is 13.1 Å². The van der Waals surface area contributed by atoms with Crippen molar-refractivity contribution in [3.05, 3.63) is 29.8 Å². The molecule has 0 bridgehead atoms. The summed E-state index contributed by atoms with van der Waals surface area (Å²) in [6.45, 7) is 1.39. The first-order valence-corrected chi connectivity index (χ1v) is 8.00. The van der Waals surface area contributed by atoms with E-state index in [1.165, 1.54) is 11.0 Å². The summed E-state index contributed by atoms with van der Waals surface area (Å²) < 4.78 is 26.4. The molecule has 2 saturated heterocycles. The van der Waals surface area contributed by atoms with Gasteiger partial charge in [-0.15, -0.1) is 12.3 Å². The van der Waals surface area contributed by atoms with Crippen LogP contribution in [0.2, 0.25) is 0 Å². The minimum absolute atomic E-state index is 0.0658. The first-order chi connectivity index (χ1) is 11.5. The molecule has 24 heavy (non-hydrogen) atoms. The molecule has 1 aromatic rings. The van der Waals surface area contributed by atoms with E-state index in [-0.39, 0.29) is 36.4 Å². The molecule has 2 aliphatic heterocycles. The number of piperidine rings is 1. The number of nitrogens with zero attached hydrogens (tertiary/aromatic N) is 2. The number of carbonyl (C=O) groups excluding carboxylic acids is 2. The topological polar surface area (TPSA) is 40.6 Å². The summed E-state index contributed by atoms with van der Waals surface area (Å²) in [6.07, 6.45) is 7.05. The summed E-state index contributed by atoms with van der Waals surface area (Å²) in [7, 11) is 0. The zero-order chi connectivity index (χ0) is 17.3. The van der Waals surface area contributed by atoms with Gasteiger partial charge in [0, 0.05) is 43.7 Å². The summed E-state index contributed by atoms with van der Waals surface area (Å²) in [6, 6.07) is 3.32. The van der Waals surface area contributed by atoms with Gasteiger partial charge < -0.3 is 9.80 Å². The van der Waals surface area contributed by atoms with Gasteiger partial charge in [0.25, 0.3) is 0 Å². The summed E-state index contributed by atoms with van der Waals surface area (Å²) in [5.74, 6) is 0.178. The van der Waals surface area contributed by atoms with E-state index in [1.807, 2.05) is 0 Å².